The van der Waals surface area contributed by atoms with Gasteiger partial charge in [-0.05, 0) is 6.92 Å². The summed E-state index contributed by atoms with van der Waals surface area (Å²) >= 11 is 1.03. The molecule has 0 aliphatic heterocycles. The van der Waals surface area contributed by atoms with Crippen molar-refractivity contribution in [3.8, 4) is 0 Å². The number of carbonyl (C=O) groups excluding carboxylic acids is 1. The van der Waals surface area contributed by atoms with Crippen LogP contribution in [0.25, 0.3) is 0 Å². The first-order chi connectivity index (χ1) is 8.74. The molecule has 1 aromatic rings. The molecule has 1 amide bonds. The third-order valence-corrected chi connectivity index (χ3v) is 3.48. The Bertz CT molecular complexity index is 448. The monoisotopic (exact) mass is 297 g/mol. The fraction of sp³-hybridized carbons (Fsp3) is 0.600. The van der Waals surface area contributed by atoms with Gasteiger partial charge in [-0.3, -0.25) is 4.79 Å². The van der Waals surface area contributed by atoms with Gasteiger partial charge in [-0.2, -0.15) is 13.2 Å². The van der Waals surface area contributed by atoms with Crippen LogP contribution in [0.2, 0.25) is 0 Å². The molecule has 1 atom stereocenters. The summed E-state index contributed by atoms with van der Waals surface area (Å²) in [6, 6.07) is 0. The molecule has 0 fully saturated rings. The molecule has 19 heavy (non-hydrogen) atoms. The fourth-order valence-corrected chi connectivity index (χ4v) is 2.12. The lowest BCUT2D eigenvalue weighted by molar-refractivity contribution is -0.137. The number of halogens is 3. The molecule has 0 saturated carbocycles. The van der Waals surface area contributed by atoms with E-state index in [2.05, 4.69) is 4.98 Å². The lowest BCUT2D eigenvalue weighted by Gasteiger charge is -2.13. The number of aliphatic hydroxyl groups is 1. The highest BCUT2D eigenvalue weighted by atomic mass is 32.2. The Balaban J connectivity index is 2.56. The highest BCUT2D eigenvalue weighted by molar-refractivity contribution is 8.00. The number of alkyl halides is 3. The van der Waals surface area contributed by atoms with Crippen molar-refractivity contribution >= 4 is 17.7 Å². The van der Waals surface area contributed by atoms with Crippen LogP contribution in [-0.2, 0) is 18.4 Å². The molecule has 1 heterocycles. The highest BCUT2D eigenvalue weighted by Gasteiger charge is 2.29. The molecule has 0 aromatic carbocycles. The normalized spacial score (nSPS) is 13.4. The van der Waals surface area contributed by atoms with Gasteiger partial charge in [0.25, 0.3) is 0 Å². The molecule has 0 aliphatic rings. The van der Waals surface area contributed by atoms with Gasteiger partial charge in [0, 0.05) is 7.05 Å². The van der Waals surface area contributed by atoms with E-state index in [1.165, 1.54) is 13.1 Å². The summed E-state index contributed by atoms with van der Waals surface area (Å²) in [5, 5.41) is 10.5. The molecule has 0 radical (unpaired) electrons. The van der Waals surface area contributed by atoms with Gasteiger partial charge in [0.05, 0.1) is 23.7 Å². The highest BCUT2D eigenvalue weighted by Crippen LogP contribution is 2.22. The Labute approximate surface area is 112 Å². The predicted molar refractivity (Wildman–Crippen MR) is 63.5 cm³/mol. The molecule has 0 bridgehead atoms. The summed E-state index contributed by atoms with van der Waals surface area (Å²) in [5.41, 5.74) is 0.561. The molecule has 2 N–H and O–H groups in total. The Hall–Kier alpha value is -1.22. The summed E-state index contributed by atoms with van der Waals surface area (Å²) in [4.78, 5) is 15.4. The predicted octanol–water partition coefficient (Wildman–Crippen LogP) is 1.07. The van der Waals surface area contributed by atoms with Crippen molar-refractivity contribution in [2.75, 3.05) is 6.54 Å². The van der Waals surface area contributed by atoms with E-state index < -0.39 is 23.9 Å². The third-order valence-electron chi connectivity index (χ3n) is 2.32. The molecular formula is C10H14F3N3O2S. The van der Waals surface area contributed by atoms with Crippen LogP contribution < -0.4 is 5.32 Å². The molecule has 0 spiro atoms. The van der Waals surface area contributed by atoms with Gasteiger partial charge in [0.2, 0.25) is 5.91 Å². The maximum absolute atomic E-state index is 12.0. The summed E-state index contributed by atoms with van der Waals surface area (Å²) < 4.78 is 37.4. The van der Waals surface area contributed by atoms with Crippen molar-refractivity contribution in [3.05, 3.63) is 11.9 Å². The number of aromatic nitrogens is 2. The smallest absolute Gasteiger partial charge is 0.390 e. The van der Waals surface area contributed by atoms with E-state index >= 15 is 0 Å². The summed E-state index contributed by atoms with van der Waals surface area (Å²) in [6.45, 7) is -0.0540. The number of carbonyl (C=O) groups is 1. The van der Waals surface area contributed by atoms with E-state index in [1.54, 1.807) is 11.6 Å². The zero-order valence-corrected chi connectivity index (χ0v) is 11.2. The van der Waals surface area contributed by atoms with Crippen LogP contribution in [0.15, 0.2) is 11.4 Å². The Kier molecular flexibility index (Phi) is 5.24. The van der Waals surface area contributed by atoms with Gasteiger partial charge in [-0.1, -0.05) is 11.8 Å². The minimum absolute atomic E-state index is 0.196. The van der Waals surface area contributed by atoms with E-state index in [9.17, 15) is 18.0 Å². The number of hydrogen-bond donors (Lipinski definition) is 2. The van der Waals surface area contributed by atoms with Crippen LogP contribution in [0.5, 0.6) is 0 Å². The zero-order chi connectivity index (χ0) is 14.6. The Morgan fingerprint density at radius 1 is 1.63 bits per heavy atom. The minimum Gasteiger partial charge on any atom is -0.390 e. The van der Waals surface area contributed by atoms with Crippen LogP contribution in [0.3, 0.4) is 0 Å². The first-order valence-corrected chi connectivity index (χ1v) is 6.25. The second-order valence-corrected chi connectivity index (χ2v) is 5.15. The molecule has 1 aromatic heterocycles. The summed E-state index contributed by atoms with van der Waals surface area (Å²) in [7, 11) is 1.65. The molecule has 0 unspecified atom stereocenters. The second-order valence-electron chi connectivity index (χ2n) is 3.84. The van der Waals surface area contributed by atoms with Crippen LogP contribution in [0, 0.1) is 0 Å². The van der Waals surface area contributed by atoms with Gasteiger partial charge >= 0.3 is 6.18 Å². The Morgan fingerprint density at radius 2 is 2.26 bits per heavy atom. The molecule has 9 heteroatoms. The number of nitrogens with zero attached hydrogens (tertiary/aromatic N) is 2. The number of imidazole rings is 1. The van der Waals surface area contributed by atoms with Crippen LogP contribution in [0.1, 0.15) is 12.6 Å². The fourth-order valence-electron chi connectivity index (χ4n) is 1.22. The first-order valence-electron chi connectivity index (χ1n) is 5.37. The molecule has 0 saturated heterocycles. The van der Waals surface area contributed by atoms with Crippen molar-refractivity contribution in [1.29, 1.82) is 0 Å². The van der Waals surface area contributed by atoms with Crippen molar-refractivity contribution in [2.24, 2.45) is 7.05 Å². The summed E-state index contributed by atoms with van der Waals surface area (Å²) in [6.07, 6.45) is -2.98. The lowest BCUT2D eigenvalue weighted by atomic mass is 10.4. The maximum Gasteiger partial charge on any atom is 0.405 e. The quantitative estimate of drug-likeness (QED) is 0.798. The zero-order valence-electron chi connectivity index (χ0n) is 10.4. The average molecular weight is 297 g/mol. The van der Waals surface area contributed by atoms with E-state index in [0.29, 0.717) is 10.9 Å². The number of hydrogen-bond acceptors (Lipinski definition) is 4. The third kappa shape index (κ3) is 4.75. The van der Waals surface area contributed by atoms with Crippen LogP contribution >= 0.6 is 11.8 Å². The van der Waals surface area contributed by atoms with Crippen LogP contribution in [0.4, 0.5) is 13.2 Å². The first kappa shape index (κ1) is 15.8. The van der Waals surface area contributed by atoms with Crippen molar-refractivity contribution < 1.29 is 23.1 Å². The number of nitrogens with one attached hydrogen (secondary N) is 1. The molecule has 108 valence electrons. The van der Waals surface area contributed by atoms with Crippen molar-refractivity contribution in [3.63, 3.8) is 0 Å². The number of aliphatic hydroxyl groups excluding tert-OH is 1. The Morgan fingerprint density at radius 3 is 2.74 bits per heavy atom. The van der Waals surface area contributed by atoms with Gasteiger partial charge in [-0.15, -0.1) is 0 Å². The SMILES string of the molecule is C[C@@H](Sc1ncc(CO)n1C)C(=O)NCC(F)(F)F. The van der Waals surface area contributed by atoms with E-state index in [1.807, 2.05) is 5.32 Å². The largest absolute Gasteiger partial charge is 0.405 e. The minimum atomic E-state index is -4.42. The van der Waals surface area contributed by atoms with Gasteiger partial charge in [0.1, 0.15) is 6.54 Å². The van der Waals surface area contributed by atoms with E-state index in [4.69, 9.17) is 5.11 Å². The van der Waals surface area contributed by atoms with Gasteiger partial charge < -0.3 is 15.0 Å². The van der Waals surface area contributed by atoms with Gasteiger partial charge in [0.15, 0.2) is 5.16 Å². The van der Waals surface area contributed by atoms with Gasteiger partial charge in [-0.25, -0.2) is 4.98 Å². The molecular weight excluding hydrogens is 283 g/mol. The van der Waals surface area contributed by atoms with Crippen molar-refractivity contribution in [2.45, 2.75) is 30.1 Å². The number of amides is 1. The lowest BCUT2D eigenvalue weighted by Crippen LogP contribution is -2.38. The topological polar surface area (TPSA) is 67.2 Å². The number of thioether (sulfide) groups is 1. The molecule has 0 aliphatic carbocycles. The average Bonchev–Trinajstić information content (AvgIpc) is 2.66. The molecule has 1 rings (SSSR count). The molecule has 5 nitrogen and oxygen atoms in total. The number of rotatable bonds is 5. The maximum atomic E-state index is 12.0. The van der Waals surface area contributed by atoms with Crippen molar-refractivity contribution in [1.82, 2.24) is 14.9 Å². The van der Waals surface area contributed by atoms with Crippen LogP contribution in [-0.4, -0.2) is 38.5 Å². The van der Waals surface area contributed by atoms with E-state index in [0.717, 1.165) is 11.8 Å². The van der Waals surface area contributed by atoms with E-state index in [-0.39, 0.29) is 6.61 Å². The standard InChI is InChI=1S/C10H14F3N3O2S/c1-6(8(18)15-5-10(11,12)13)19-9-14-3-7(4-17)16(9)2/h3,6,17H,4-5H2,1-2H3,(H,15,18)/t6-/m1/s1. The summed E-state index contributed by atoms with van der Waals surface area (Å²) in [5.74, 6) is -0.712. The second kappa shape index (κ2) is 6.29.